The lowest BCUT2D eigenvalue weighted by Gasteiger charge is -2.10. The van der Waals surface area contributed by atoms with Crippen molar-refractivity contribution in [3.05, 3.63) is 40.7 Å². The zero-order chi connectivity index (χ0) is 15.2. The molecule has 0 radical (unpaired) electrons. The van der Waals surface area contributed by atoms with Crippen molar-refractivity contribution in [2.45, 2.75) is 36.6 Å². The highest BCUT2D eigenvalue weighted by Crippen LogP contribution is 2.40. The minimum atomic E-state index is -3.86. The molecule has 0 fully saturated rings. The summed E-state index contributed by atoms with van der Waals surface area (Å²) in [4.78, 5) is 3.92. The summed E-state index contributed by atoms with van der Waals surface area (Å²) in [5, 5.41) is 4.93. The molecular weight excluding hydrogens is 300 g/mol. The summed E-state index contributed by atoms with van der Waals surface area (Å²) in [6.45, 7) is 1.81. The third-order valence-corrected chi connectivity index (χ3v) is 5.60. The first-order valence-electron chi connectivity index (χ1n) is 6.56. The maximum absolute atomic E-state index is 13.7. The number of sulfone groups is 1. The molecule has 1 atom stereocenters. The summed E-state index contributed by atoms with van der Waals surface area (Å²) in [7, 11) is -3.86. The predicted octanol–water partition coefficient (Wildman–Crippen LogP) is 2.11. The molecule has 0 saturated heterocycles. The highest BCUT2D eigenvalue weighted by Gasteiger charge is 2.38. The third kappa shape index (κ3) is 2.23. The van der Waals surface area contributed by atoms with Crippen LogP contribution in [0.3, 0.4) is 0 Å². The van der Waals surface area contributed by atoms with E-state index in [2.05, 4.69) is 15.2 Å². The molecule has 1 aliphatic rings. The van der Waals surface area contributed by atoms with Gasteiger partial charge in [-0.25, -0.2) is 22.2 Å². The van der Waals surface area contributed by atoms with E-state index in [0.717, 1.165) is 12.1 Å². The van der Waals surface area contributed by atoms with Crippen LogP contribution in [0, 0.1) is 11.6 Å². The third-order valence-electron chi connectivity index (χ3n) is 3.67. The maximum Gasteiger partial charge on any atom is 0.267 e. The molecule has 1 aromatic carbocycles. The first-order valence-corrected chi connectivity index (χ1v) is 8.11. The quantitative estimate of drug-likeness (QED) is 0.941. The fourth-order valence-corrected chi connectivity index (χ4v) is 4.26. The first kappa shape index (κ1) is 14.1. The number of rotatable bonds is 3. The molecule has 5 nitrogen and oxygen atoms in total. The van der Waals surface area contributed by atoms with Crippen molar-refractivity contribution >= 4 is 9.84 Å². The largest absolute Gasteiger partial charge is 0.267 e. The number of nitrogens with one attached hydrogen (secondary N) is 1. The molecule has 112 valence electrons. The number of aryl methyl sites for hydroxylation is 1. The van der Waals surface area contributed by atoms with Gasteiger partial charge in [0.1, 0.15) is 17.5 Å². The molecule has 1 aliphatic carbocycles. The minimum absolute atomic E-state index is 0.176. The lowest BCUT2D eigenvalue weighted by Crippen LogP contribution is -2.13. The molecule has 0 saturated carbocycles. The molecule has 8 heteroatoms. The van der Waals surface area contributed by atoms with Crippen molar-refractivity contribution < 1.29 is 17.2 Å². The number of fused-ring (bicyclic) bond motifs is 1. The summed E-state index contributed by atoms with van der Waals surface area (Å²) in [5.41, 5.74) is 0.437. The SMILES string of the molecule is CCc1nc(S(=O)(=O)C2CCc3c(F)cc(F)cc32)n[nH]1. The van der Waals surface area contributed by atoms with E-state index >= 15 is 0 Å². The minimum Gasteiger partial charge on any atom is -0.262 e. The van der Waals surface area contributed by atoms with Gasteiger partial charge in [-0.15, -0.1) is 5.10 Å². The van der Waals surface area contributed by atoms with Gasteiger partial charge in [0.15, 0.2) is 0 Å². The number of benzene rings is 1. The van der Waals surface area contributed by atoms with Crippen molar-refractivity contribution in [1.82, 2.24) is 15.2 Å². The molecule has 1 N–H and O–H groups in total. The summed E-state index contributed by atoms with van der Waals surface area (Å²) in [6.07, 6.45) is 0.984. The molecule has 21 heavy (non-hydrogen) atoms. The van der Waals surface area contributed by atoms with Gasteiger partial charge < -0.3 is 0 Å². The van der Waals surface area contributed by atoms with Crippen LogP contribution in [0.5, 0.6) is 0 Å². The van der Waals surface area contributed by atoms with Crippen LogP contribution in [0.2, 0.25) is 0 Å². The van der Waals surface area contributed by atoms with E-state index in [1.807, 2.05) is 6.92 Å². The molecule has 0 amide bonds. The highest BCUT2D eigenvalue weighted by molar-refractivity contribution is 7.91. The normalized spacial score (nSPS) is 18.0. The van der Waals surface area contributed by atoms with E-state index in [1.165, 1.54) is 0 Å². The van der Waals surface area contributed by atoms with Crippen LogP contribution in [0.15, 0.2) is 17.3 Å². The summed E-state index contributed by atoms with van der Waals surface area (Å²) >= 11 is 0. The second kappa shape index (κ2) is 4.87. The molecule has 0 bridgehead atoms. The molecule has 1 heterocycles. The van der Waals surface area contributed by atoms with Gasteiger partial charge in [0.05, 0.1) is 5.25 Å². The van der Waals surface area contributed by atoms with Gasteiger partial charge in [-0.1, -0.05) is 6.92 Å². The summed E-state index contributed by atoms with van der Waals surface area (Å²) in [5.74, 6) is -1.03. The number of aromatic amines is 1. The van der Waals surface area contributed by atoms with E-state index in [4.69, 9.17) is 0 Å². The molecule has 2 aromatic rings. The number of nitrogens with zero attached hydrogens (tertiary/aromatic N) is 2. The molecule has 1 aromatic heterocycles. The molecule has 1 unspecified atom stereocenters. The average molecular weight is 313 g/mol. The van der Waals surface area contributed by atoms with Gasteiger partial charge in [0, 0.05) is 12.5 Å². The Morgan fingerprint density at radius 2 is 2.14 bits per heavy atom. The van der Waals surface area contributed by atoms with Gasteiger partial charge in [0.25, 0.3) is 5.16 Å². The summed E-state index contributed by atoms with van der Waals surface area (Å²) in [6, 6.07) is 1.86. The van der Waals surface area contributed by atoms with Crippen LogP contribution in [0.4, 0.5) is 8.78 Å². The van der Waals surface area contributed by atoms with Crippen molar-refractivity contribution in [3.8, 4) is 0 Å². The van der Waals surface area contributed by atoms with E-state index in [-0.39, 0.29) is 29.1 Å². The van der Waals surface area contributed by atoms with Crippen LogP contribution in [0.1, 0.15) is 35.5 Å². The average Bonchev–Trinajstić information content (AvgIpc) is 3.04. The fourth-order valence-electron chi connectivity index (χ4n) is 2.62. The Morgan fingerprint density at radius 1 is 1.38 bits per heavy atom. The van der Waals surface area contributed by atoms with Crippen LogP contribution in [-0.2, 0) is 22.7 Å². The van der Waals surface area contributed by atoms with Crippen LogP contribution in [-0.4, -0.2) is 23.6 Å². The van der Waals surface area contributed by atoms with E-state index in [0.29, 0.717) is 12.2 Å². The van der Waals surface area contributed by atoms with Crippen LogP contribution in [0.25, 0.3) is 0 Å². The van der Waals surface area contributed by atoms with Crippen molar-refractivity contribution in [2.24, 2.45) is 0 Å². The van der Waals surface area contributed by atoms with E-state index in [1.54, 1.807) is 0 Å². The number of hydrogen-bond donors (Lipinski definition) is 1. The van der Waals surface area contributed by atoms with Gasteiger partial charge >= 0.3 is 0 Å². The Kier molecular flexibility index (Phi) is 3.27. The molecule has 3 rings (SSSR count). The van der Waals surface area contributed by atoms with Crippen molar-refractivity contribution in [2.75, 3.05) is 0 Å². The predicted molar refractivity (Wildman–Crippen MR) is 70.4 cm³/mol. The highest BCUT2D eigenvalue weighted by atomic mass is 32.2. The fraction of sp³-hybridized carbons (Fsp3) is 0.385. The Balaban J connectivity index is 2.07. The molecule has 0 spiro atoms. The van der Waals surface area contributed by atoms with Gasteiger partial charge in [-0.3, -0.25) is 5.10 Å². The zero-order valence-electron chi connectivity index (χ0n) is 11.2. The number of H-pyrrole nitrogens is 1. The van der Waals surface area contributed by atoms with Crippen molar-refractivity contribution in [3.63, 3.8) is 0 Å². The Labute approximate surface area is 120 Å². The Morgan fingerprint density at radius 3 is 2.81 bits per heavy atom. The Bertz CT molecular complexity index is 802. The molecule has 0 aliphatic heterocycles. The number of halogens is 2. The standard InChI is InChI=1S/C13H13F2N3O2S/c1-2-12-16-13(18-17-12)21(19,20)11-4-3-8-9(11)5-7(14)6-10(8)15/h5-6,11H,2-4H2,1H3,(H,16,17,18). The molecular formula is C13H13F2N3O2S. The zero-order valence-corrected chi connectivity index (χ0v) is 12.0. The maximum atomic E-state index is 13.7. The second-order valence-electron chi connectivity index (χ2n) is 4.95. The lowest BCUT2D eigenvalue weighted by atomic mass is 10.1. The van der Waals surface area contributed by atoms with E-state index in [9.17, 15) is 17.2 Å². The van der Waals surface area contributed by atoms with Crippen LogP contribution < -0.4 is 0 Å². The monoisotopic (exact) mass is 313 g/mol. The number of aromatic nitrogens is 3. The van der Waals surface area contributed by atoms with Gasteiger partial charge in [-0.2, -0.15) is 0 Å². The summed E-state index contributed by atoms with van der Waals surface area (Å²) < 4.78 is 52.2. The van der Waals surface area contributed by atoms with Gasteiger partial charge in [-0.05, 0) is 30.0 Å². The first-order chi connectivity index (χ1) is 9.93. The topological polar surface area (TPSA) is 75.7 Å². The smallest absolute Gasteiger partial charge is 0.262 e. The van der Waals surface area contributed by atoms with Crippen molar-refractivity contribution in [1.29, 1.82) is 0 Å². The lowest BCUT2D eigenvalue weighted by molar-refractivity contribution is 0.570. The Hall–Kier alpha value is -1.83. The second-order valence-corrected chi connectivity index (χ2v) is 6.97. The number of hydrogen-bond acceptors (Lipinski definition) is 4. The van der Waals surface area contributed by atoms with Crippen LogP contribution >= 0.6 is 0 Å². The van der Waals surface area contributed by atoms with E-state index < -0.39 is 26.7 Å². The van der Waals surface area contributed by atoms with Gasteiger partial charge in [0.2, 0.25) is 9.84 Å².